The largest absolute Gasteiger partial charge is 0.488 e. The van der Waals surface area contributed by atoms with Gasteiger partial charge in [-0.15, -0.1) is 0 Å². The summed E-state index contributed by atoms with van der Waals surface area (Å²) >= 11 is 0. The molecule has 0 saturated carbocycles. The molecule has 4 amide bonds. The van der Waals surface area contributed by atoms with Gasteiger partial charge in [-0.1, -0.05) is 34.6 Å². The summed E-state index contributed by atoms with van der Waals surface area (Å²) in [5.74, 6) is 2.10. The zero-order valence-corrected chi connectivity index (χ0v) is 34.1. The van der Waals surface area contributed by atoms with Gasteiger partial charge in [0.1, 0.15) is 48.4 Å². The molecule has 5 heterocycles. The molecule has 0 bridgehead atoms. The Morgan fingerprint density at radius 2 is 1.43 bits per heavy atom. The fourth-order valence-corrected chi connectivity index (χ4v) is 8.05. The number of hydrogen-bond donors (Lipinski definition) is 4. The third-order valence-electron chi connectivity index (χ3n) is 11.0. The Kier molecular flexibility index (Phi) is 11.6. The number of likely N-dealkylation sites (tertiary alicyclic amines) is 1. The number of carbonyl (C=O) groups is 4. The van der Waals surface area contributed by atoms with Gasteiger partial charge in [-0.3, -0.25) is 9.59 Å². The topological polar surface area (TPSA) is 193 Å². The predicted molar refractivity (Wildman–Crippen MR) is 213 cm³/mol. The fourth-order valence-electron chi connectivity index (χ4n) is 8.05. The Labute approximate surface area is 337 Å². The van der Waals surface area contributed by atoms with E-state index in [1.165, 1.54) is 14.2 Å². The van der Waals surface area contributed by atoms with Crippen LogP contribution >= 0.6 is 0 Å². The monoisotopic (exact) mass is 796 g/mol. The van der Waals surface area contributed by atoms with E-state index < -0.39 is 24.3 Å². The molecule has 2 aromatic carbocycles. The molecule has 3 atom stereocenters. The summed E-state index contributed by atoms with van der Waals surface area (Å²) in [5.41, 5.74) is 7.41. The van der Waals surface area contributed by atoms with Gasteiger partial charge in [0.2, 0.25) is 11.8 Å². The van der Waals surface area contributed by atoms with E-state index in [9.17, 15) is 19.2 Å². The number of ether oxygens (including phenoxy) is 4. The first-order valence-electron chi connectivity index (χ1n) is 19.9. The predicted octanol–water partition coefficient (Wildman–Crippen LogP) is 6.08. The highest BCUT2D eigenvalue weighted by Crippen LogP contribution is 2.51. The van der Waals surface area contributed by atoms with Gasteiger partial charge >= 0.3 is 12.2 Å². The number of rotatable bonds is 13. The normalized spacial score (nSPS) is 16.2. The van der Waals surface area contributed by atoms with Crippen LogP contribution in [-0.2, 0) is 38.8 Å². The van der Waals surface area contributed by atoms with Crippen molar-refractivity contribution in [2.45, 2.75) is 91.8 Å². The van der Waals surface area contributed by atoms with E-state index in [0.29, 0.717) is 49.5 Å². The highest BCUT2D eigenvalue weighted by molar-refractivity contribution is 5.89. The third-order valence-corrected chi connectivity index (χ3v) is 11.0. The van der Waals surface area contributed by atoms with Crippen LogP contribution in [0, 0.1) is 11.8 Å². The summed E-state index contributed by atoms with van der Waals surface area (Å²) in [6.07, 6.45) is 4.56. The van der Waals surface area contributed by atoms with Crippen molar-refractivity contribution in [2.24, 2.45) is 11.8 Å². The van der Waals surface area contributed by atoms with Gasteiger partial charge in [0, 0.05) is 29.8 Å². The summed E-state index contributed by atoms with van der Waals surface area (Å²) in [6.45, 7) is 11.6. The molecule has 0 aliphatic carbocycles. The molecule has 4 aromatic rings. The maximum absolute atomic E-state index is 13.7. The second kappa shape index (κ2) is 16.8. The average molecular weight is 797 g/mol. The summed E-state index contributed by atoms with van der Waals surface area (Å²) in [4.78, 5) is 71.0. The number of nitrogens with one attached hydrogen (secondary N) is 4. The summed E-state index contributed by atoms with van der Waals surface area (Å²) in [6, 6.07) is 6.49. The smallest absolute Gasteiger partial charge is 0.407 e. The Hall–Kier alpha value is -6.06. The fraction of sp³-hybridized carbons (Fsp3) is 0.476. The van der Waals surface area contributed by atoms with Gasteiger partial charge in [0.05, 0.1) is 56.2 Å². The molecular formula is C42H52N8O8. The Balaban J connectivity index is 1.10. The van der Waals surface area contributed by atoms with Gasteiger partial charge in [-0.25, -0.2) is 19.6 Å². The van der Waals surface area contributed by atoms with Gasteiger partial charge in [0.25, 0.3) is 0 Å². The standard InChI is InChI=1S/C42H52N8O8/c1-8-11-49(39(51)36(22(2)3)47-41(53)55-6)19-33-43-17-28(45-33)24-13-26-20-57-31-15-25(16-32-35(31)34(26)27(14-24)21-58-32)29-18-44-38(46-29)30-10-9-12-50(30)40(52)37(23(4)5)48-42(54)56-7/h13-18,22-23,30,36-37H,8-12,19-21H2,1-7H3,(H,43,45)(H,44,46)(H,47,53)(H,48,54)/t30-,36-,37-/m0/s1. The molecule has 3 aliphatic rings. The summed E-state index contributed by atoms with van der Waals surface area (Å²) < 4.78 is 22.3. The number of hydrogen-bond acceptors (Lipinski definition) is 10. The minimum absolute atomic E-state index is 0.128. The Morgan fingerprint density at radius 3 is 2.03 bits per heavy atom. The molecule has 7 rings (SSSR count). The van der Waals surface area contributed by atoms with Crippen molar-refractivity contribution in [2.75, 3.05) is 27.3 Å². The molecule has 0 spiro atoms. The van der Waals surface area contributed by atoms with Crippen LogP contribution in [0.25, 0.3) is 33.6 Å². The zero-order chi connectivity index (χ0) is 41.2. The maximum atomic E-state index is 13.7. The lowest BCUT2D eigenvalue weighted by atomic mass is 9.87. The minimum atomic E-state index is -0.731. The van der Waals surface area contributed by atoms with Crippen molar-refractivity contribution < 1.29 is 38.1 Å². The van der Waals surface area contributed by atoms with E-state index in [2.05, 4.69) is 37.7 Å². The van der Waals surface area contributed by atoms with Crippen molar-refractivity contribution in [3.8, 4) is 45.1 Å². The number of H-pyrrole nitrogens is 2. The van der Waals surface area contributed by atoms with Gasteiger partial charge in [-0.05, 0) is 66.5 Å². The van der Waals surface area contributed by atoms with E-state index in [1.807, 2.05) is 46.8 Å². The van der Waals surface area contributed by atoms with E-state index in [4.69, 9.17) is 23.9 Å². The number of aromatic nitrogens is 4. The molecule has 0 radical (unpaired) electrons. The van der Waals surface area contributed by atoms with Gasteiger partial charge in [-0.2, -0.15) is 0 Å². The molecule has 2 aromatic heterocycles. The van der Waals surface area contributed by atoms with E-state index >= 15 is 0 Å². The van der Waals surface area contributed by atoms with Crippen molar-refractivity contribution in [1.29, 1.82) is 0 Å². The lowest BCUT2D eigenvalue weighted by molar-refractivity contribution is -0.136. The van der Waals surface area contributed by atoms with Gasteiger partial charge in [0.15, 0.2) is 0 Å². The maximum Gasteiger partial charge on any atom is 0.407 e. The summed E-state index contributed by atoms with van der Waals surface area (Å²) in [5, 5.41) is 5.37. The van der Waals surface area contributed by atoms with E-state index in [-0.39, 0.29) is 36.2 Å². The third kappa shape index (κ3) is 7.91. The van der Waals surface area contributed by atoms with Crippen molar-refractivity contribution in [1.82, 2.24) is 40.4 Å². The quantitative estimate of drug-likeness (QED) is 0.123. The molecule has 0 unspecified atom stereocenters. The number of benzene rings is 2. The molecule has 16 heteroatoms. The van der Waals surface area contributed by atoms with Crippen LogP contribution in [0.1, 0.15) is 82.7 Å². The highest BCUT2D eigenvalue weighted by Gasteiger charge is 2.38. The number of methoxy groups -OCH3 is 2. The first-order valence-corrected chi connectivity index (χ1v) is 19.9. The molecule has 4 N–H and O–H groups in total. The SMILES string of the molecule is CCCN(Cc1ncc(-c2cc3c4c(c2)COc2cc(-c5cnc([C@@H]6CCCN6C(=O)[C@@H](NC(=O)OC)C(C)C)[nH]5)cc(c2-4)OC3)[nH]1)C(=O)[C@@H](NC(=O)OC)C(C)C. The number of carbonyl (C=O) groups excluding carboxylic acids is 4. The van der Waals surface area contributed by atoms with Crippen molar-refractivity contribution in [3.05, 3.63) is 59.4 Å². The second-order valence-electron chi connectivity index (χ2n) is 15.7. The number of nitrogens with zero attached hydrogens (tertiary/aromatic N) is 4. The van der Waals surface area contributed by atoms with Gasteiger partial charge < -0.3 is 49.3 Å². The first-order chi connectivity index (χ1) is 27.9. The lowest BCUT2D eigenvalue weighted by Gasteiger charge is -2.30. The molecule has 1 saturated heterocycles. The van der Waals surface area contributed by atoms with Crippen molar-refractivity contribution >= 4 is 24.0 Å². The number of amides is 4. The number of aromatic amines is 2. The highest BCUT2D eigenvalue weighted by atomic mass is 16.5. The Morgan fingerprint density at radius 1 is 0.845 bits per heavy atom. The van der Waals surface area contributed by atoms with Crippen molar-refractivity contribution in [3.63, 3.8) is 0 Å². The van der Waals surface area contributed by atoms with Crippen LogP contribution in [0.4, 0.5) is 9.59 Å². The first kappa shape index (κ1) is 40.1. The lowest BCUT2D eigenvalue weighted by Crippen LogP contribution is -2.51. The van der Waals surface area contributed by atoms with E-state index in [1.54, 1.807) is 22.2 Å². The zero-order valence-electron chi connectivity index (χ0n) is 34.1. The van der Waals surface area contributed by atoms with Crippen LogP contribution < -0.4 is 20.1 Å². The molecular weight excluding hydrogens is 745 g/mol. The van der Waals surface area contributed by atoms with Crippen LogP contribution in [0.3, 0.4) is 0 Å². The molecule has 308 valence electrons. The van der Waals surface area contributed by atoms with Crippen LogP contribution in [0.15, 0.2) is 36.7 Å². The molecule has 16 nitrogen and oxygen atoms in total. The second-order valence-corrected chi connectivity index (χ2v) is 15.7. The molecule has 1 fully saturated rings. The number of alkyl carbamates (subject to hydrolysis) is 2. The molecule has 3 aliphatic heterocycles. The van der Waals surface area contributed by atoms with E-state index in [0.717, 1.165) is 64.0 Å². The summed E-state index contributed by atoms with van der Waals surface area (Å²) in [7, 11) is 2.56. The van der Waals surface area contributed by atoms with Crippen LogP contribution in [0.5, 0.6) is 11.5 Å². The van der Waals surface area contributed by atoms with Crippen LogP contribution in [-0.4, -0.2) is 93.1 Å². The molecule has 58 heavy (non-hydrogen) atoms. The Bertz CT molecular complexity index is 2140. The minimum Gasteiger partial charge on any atom is -0.488 e. The number of imidazole rings is 2. The average Bonchev–Trinajstić information content (AvgIpc) is 4.01. The van der Waals surface area contributed by atoms with Crippen LogP contribution in [0.2, 0.25) is 0 Å².